The smallest absolute Gasteiger partial charge is 0.274 e. The summed E-state index contributed by atoms with van der Waals surface area (Å²) in [5.41, 5.74) is 2.18. The lowest BCUT2D eigenvalue weighted by atomic mass is 10.2. The van der Waals surface area contributed by atoms with E-state index in [0.717, 1.165) is 5.56 Å². The van der Waals surface area contributed by atoms with Gasteiger partial charge in [0.05, 0.1) is 0 Å². The molecule has 1 aromatic carbocycles. The number of nitrogens with zero attached hydrogens (tertiary/aromatic N) is 2. The number of halogens is 1. The summed E-state index contributed by atoms with van der Waals surface area (Å²) in [7, 11) is 0. The van der Waals surface area contributed by atoms with E-state index in [9.17, 15) is 9.90 Å². The highest BCUT2D eigenvalue weighted by molar-refractivity contribution is 6.28. The zero-order valence-corrected chi connectivity index (χ0v) is 11.2. The summed E-state index contributed by atoms with van der Waals surface area (Å²) in [5, 5.41) is 12.1. The molecule has 2 aromatic rings. The van der Waals surface area contributed by atoms with Gasteiger partial charge in [0.1, 0.15) is 11.4 Å². The van der Waals surface area contributed by atoms with Crippen LogP contribution in [-0.4, -0.2) is 21.0 Å². The zero-order chi connectivity index (χ0) is 14.0. The maximum absolute atomic E-state index is 12.0. The van der Waals surface area contributed by atoms with Gasteiger partial charge in [-0.05, 0) is 55.3 Å². The van der Waals surface area contributed by atoms with Crippen molar-refractivity contribution in [3.63, 3.8) is 0 Å². The fraction of sp³-hybridized carbons (Fsp3) is 0.154. The number of benzene rings is 1. The number of carbonyl (C=O) groups excluding carboxylic acids is 1. The van der Waals surface area contributed by atoms with Crippen LogP contribution in [0.1, 0.15) is 21.7 Å². The van der Waals surface area contributed by atoms with Crippen LogP contribution in [0.2, 0.25) is 5.28 Å². The number of aryl methyl sites for hydroxylation is 2. The van der Waals surface area contributed by atoms with Gasteiger partial charge >= 0.3 is 0 Å². The monoisotopic (exact) mass is 277 g/mol. The summed E-state index contributed by atoms with van der Waals surface area (Å²) >= 11 is 5.71. The molecule has 0 aliphatic rings. The minimum absolute atomic E-state index is 0.0348. The lowest BCUT2D eigenvalue weighted by Crippen LogP contribution is -2.15. The number of aromatic nitrogens is 2. The van der Waals surface area contributed by atoms with Gasteiger partial charge in [0, 0.05) is 11.4 Å². The standard InChI is InChI=1S/C13H12ClN3O2/c1-7-5-9(18)3-4-10(7)16-12(19)11-6-8(2)15-13(14)17-11/h3-6,18H,1-2H3,(H,16,19). The number of hydrogen-bond donors (Lipinski definition) is 2. The summed E-state index contributed by atoms with van der Waals surface area (Å²) in [4.78, 5) is 19.8. The summed E-state index contributed by atoms with van der Waals surface area (Å²) in [6.45, 7) is 3.52. The van der Waals surface area contributed by atoms with Crippen LogP contribution in [0.15, 0.2) is 24.3 Å². The predicted molar refractivity (Wildman–Crippen MR) is 72.6 cm³/mol. The molecule has 0 saturated carbocycles. The molecule has 1 aromatic heterocycles. The van der Waals surface area contributed by atoms with E-state index >= 15 is 0 Å². The van der Waals surface area contributed by atoms with Crippen molar-refractivity contribution >= 4 is 23.2 Å². The molecule has 1 amide bonds. The third-order valence-electron chi connectivity index (χ3n) is 2.52. The van der Waals surface area contributed by atoms with Crippen molar-refractivity contribution in [2.24, 2.45) is 0 Å². The highest BCUT2D eigenvalue weighted by Gasteiger charge is 2.11. The SMILES string of the molecule is Cc1cc(C(=O)Nc2ccc(O)cc2C)nc(Cl)n1. The third-order valence-corrected chi connectivity index (χ3v) is 2.69. The van der Waals surface area contributed by atoms with Crippen molar-refractivity contribution in [2.75, 3.05) is 5.32 Å². The normalized spacial score (nSPS) is 10.3. The Hall–Kier alpha value is -2.14. The second kappa shape index (κ2) is 5.24. The molecule has 0 atom stereocenters. The Morgan fingerprint density at radius 1 is 1.26 bits per heavy atom. The molecule has 0 spiro atoms. The number of anilines is 1. The maximum Gasteiger partial charge on any atom is 0.274 e. The van der Waals surface area contributed by atoms with Crippen molar-refractivity contribution in [3.8, 4) is 5.75 Å². The molecular weight excluding hydrogens is 266 g/mol. The molecule has 5 nitrogen and oxygen atoms in total. The summed E-state index contributed by atoms with van der Waals surface area (Å²) in [5.74, 6) is -0.224. The zero-order valence-electron chi connectivity index (χ0n) is 10.4. The van der Waals surface area contributed by atoms with Gasteiger partial charge < -0.3 is 10.4 Å². The Bertz CT molecular complexity index is 624. The van der Waals surface area contributed by atoms with Crippen molar-refractivity contribution in [2.45, 2.75) is 13.8 Å². The highest BCUT2D eigenvalue weighted by atomic mass is 35.5. The van der Waals surface area contributed by atoms with Gasteiger partial charge in [-0.25, -0.2) is 9.97 Å². The average Bonchev–Trinajstić information content (AvgIpc) is 2.31. The van der Waals surface area contributed by atoms with Crippen LogP contribution in [0, 0.1) is 13.8 Å². The van der Waals surface area contributed by atoms with Gasteiger partial charge in [-0.3, -0.25) is 4.79 Å². The fourth-order valence-electron chi connectivity index (χ4n) is 1.62. The van der Waals surface area contributed by atoms with E-state index in [2.05, 4.69) is 15.3 Å². The highest BCUT2D eigenvalue weighted by Crippen LogP contribution is 2.20. The lowest BCUT2D eigenvalue weighted by molar-refractivity contribution is 0.102. The van der Waals surface area contributed by atoms with Crippen LogP contribution in [0.4, 0.5) is 5.69 Å². The summed E-state index contributed by atoms with van der Waals surface area (Å²) < 4.78 is 0. The van der Waals surface area contributed by atoms with Crippen LogP contribution >= 0.6 is 11.6 Å². The summed E-state index contributed by atoms with van der Waals surface area (Å²) in [6, 6.07) is 6.24. The molecule has 0 fully saturated rings. The molecule has 0 aliphatic heterocycles. The van der Waals surface area contributed by atoms with Crippen LogP contribution in [-0.2, 0) is 0 Å². The van der Waals surface area contributed by atoms with E-state index in [1.54, 1.807) is 32.0 Å². The van der Waals surface area contributed by atoms with E-state index in [1.807, 2.05) is 0 Å². The molecule has 98 valence electrons. The minimum Gasteiger partial charge on any atom is -0.508 e. The molecular formula is C13H12ClN3O2. The molecule has 2 rings (SSSR count). The number of amides is 1. The molecule has 19 heavy (non-hydrogen) atoms. The van der Waals surface area contributed by atoms with Crippen molar-refractivity contribution in [1.82, 2.24) is 9.97 Å². The molecule has 6 heteroatoms. The first-order valence-corrected chi connectivity index (χ1v) is 5.95. The van der Waals surface area contributed by atoms with Crippen molar-refractivity contribution < 1.29 is 9.90 Å². The van der Waals surface area contributed by atoms with Gasteiger partial charge in [0.25, 0.3) is 5.91 Å². The van der Waals surface area contributed by atoms with Gasteiger partial charge in [-0.2, -0.15) is 0 Å². The second-order valence-corrected chi connectivity index (χ2v) is 4.46. The average molecular weight is 278 g/mol. The van der Waals surface area contributed by atoms with Crippen LogP contribution in [0.3, 0.4) is 0 Å². The van der Waals surface area contributed by atoms with E-state index in [0.29, 0.717) is 11.4 Å². The minimum atomic E-state index is -0.374. The molecule has 1 heterocycles. The van der Waals surface area contributed by atoms with Crippen LogP contribution in [0.5, 0.6) is 5.75 Å². The van der Waals surface area contributed by atoms with Gasteiger partial charge in [0.2, 0.25) is 5.28 Å². The molecule has 0 bridgehead atoms. The van der Waals surface area contributed by atoms with E-state index < -0.39 is 0 Å². The largest absolute Gasteiger partial charge is 0.508 e. The summed E-state index contributed by atoms with van der Waals surface area (Å²) in [6.07, 6.45) is 0. The second-order valence-electron chi connectivity index (χ2n) is 4.12. The first kappa shape index (κ1) is 13.3. The Labute approximate surface area is 115 Å². The van der Waals surface area contributed by atoms with Crippen molar-refractivity contribution in [1.29, 1.82) is 0 Å². The Kier molecular flexibility index (Phi) is 3.66. The molecule has 0 saturated heterocycles. The Morgan fingerprint density at radius 2 is 2.00 bits per heavy atom. The van der Waals surface area contributed by atoms with E-state index in [-0.39, 0.29) is 22.6 Å². The number of rotatable bonds is 2. The number of phenols is 1. The number of hydrogen-bond acceptors (Lipinski definition) is 4. The van der Waals surface area contributed by atoms with Gasteiger partial charge in [0.15, 0.2) is 0 Å². The predicted octanol–water partition coefficient (Wildman–Crippen LogP) is 2.70. The molecule has 0 unspecified atom stereocenters. The Morgan fingerprint density at radius 3 is 2.63 bits per heavy atom. The first-order chi connectivity index (χ1) is 8.95. The third kappa shape index (κ3) is 3.20. The maximum atomic E-state index is 12.0. The van der Waals surface area contributed by atoms with Crippen LogP contribution < -0.4 is 5.32 Å². The topological polar surface area (TPSA) is 75.1 Å². The quantitative estimate of drug-likeness (QED) is 0.654. The number of nitrogens with one attached hydrogen (secondary N) is 1. The number of phenolic OH excluding ortho intramolecular Hbond substituents is 1. The van der Waals surface area contributed by atoms with Crippen LogP contribution in [0.25, 0.3) is 0 Å². The Balaban J connectivity index is 2.25. The fourth-order valence-corrected chi connectivity index (χ4v) is 1.85. The molecule has 0 radical (unpaired) electrons. The molecule has 2 N–H and O–H groups in total. The van der Waals surface area contributed by atoms with Crippen molar-refractivity contribution in [3.05, 3.63) is 46.5 Å². The number of aromatic hydroxyl groups is 1. The number of carbonyl (C=O) groups is 1. The van der Waals surface area contributed by atoms with E-state index in [1.165, 1.54) is 6.07 Å². The lowest BCUT2D eigenvalue weighted by Gasteiger charge is -2.08. The first-order valence-electron chi connectivity index (χ1n) is 5.58. The van der Waals surface area contributed by atoms with Gasteiger partial charge in [-0.1, -0.05) is 0 Å². The molecule has 0 aliphatic carbocycles. The van der Waals surface area contributed by atoms with Gasteiger partial charge in [-0.15, -0.1) is 0 Å². The van der Waals surface area contributed by atoms with E-state index in [4.69, 9.17) is 11.6 Å².